The normalized spacial score (nSPS) is 14.3. The molecule has 4 nitrogen and oxygen atoms in total. The van der Waals surface area contributed by atoms with E-state index in [0.717, 1.165) is 5.56 Å². The summed E-state index contributed by atoms with van der Waals surface area (Å²) in [5.74, 6) is 0.532. The van der Waals surface area contributed by atoms with Gasteiger partial charge in [0.05, 0.1) is 4.90 Å². The van der Waals surface area contributed by atoms with Crippen LogP contribution in [0.1, 0.15) is 18.9 Å². The first-order valence-electron chi connectivity index (χ1n) is 5.94. The molecular weight excluding hydrogens is 328 g/mol. The molecule has 0 N–H and O–H groups in total. The molecule has 0 aliphatic heterocycles. The fourth-order valence-electron chi connectivity index (χ4n) is 1.45. The lowest BCUT2D eigenvalue weighted by Crippen LogP contribution is -2.25. The van der Waals surface area contributed by atoms with Crippen molar-refractivity contribution < 1.29 is 8.42 Å². The van der Waals surface area contributed by atoms with Crippen LogP contribution in [0.3, 0.4) is 0 Å². The standard InChI is InChI=1S/C13H19BrN2O2S/c1-10-5-7-12(8-6-10)19(17,18)15-13(16(3)4)9-11(2)14/h5-8,11H,9H2,1-4H3/b15-13-. The Morgan fingerprint density at radius 2 is 1.84 bits per heavy atom. The van der Waals surface area contributed by atoms with Gasteiger partial charge in [0.1, 0.15) is 5.84 Å². The zero-order valence-electron chi connectivity index (χ0n) is 11.6. The Morgan fingerprint density at radius 1 is 1.32 bits per heavy atom. The van der Waals surface area contributed by atoms with Crippen molar-refractivity contribution in [1.82, 2.24) is 4.90 Å². The zero-order chi connectivity index (χ0) is 14.6. The monoisotopic (exact) mass is 346 g/mol. The molecule has 1 atom stereocenters. The molecule has 1 unspecified atom stereocenters. The van der Waals surface area contributed by atoms with Crippen LogP contribution in [0.2, 0.25) is 0 Å². The number of hydrogen-bond acceptors (Lipinski definition) is 2. The number of amidine groups is 1. The van der Waals surface area contributed by atoms with Gasteiger partial charge in [-0.25, -0.2) is 0 Å². The summed E-state index contributed by atoms with van der Waals surface area (Å²) in [6.07, 6.45) is 0.554. The molecule has 0 radical (unpaired) electrons. The van der Waals surface area contributed by atoms with E-state index in [1.807, 2.05) is 13.8 Å². The molecule has 0 bridgehead atoms. The van der Waals surface area contributed by atoms with Crippen molar-refractivity contribution in [2.24, 2.45) is 4.40 Å². The van der Waals surface area contributed by atoms with Gasteiger partial charge in [-0.1, -0.05) is 40.5 Å². The third-order valence-corrected chi connectivity index (χ3v) is 4.17. The van der Waals surface area contributed by atoms with Gasteiger partial charge in [0.2, 0.25) is 0 Å². The molecule has 0 saturated heterocycles. The number of rotatable bonds is 4. The number of benzene rings is 1. The zero-order valence-corrected chi connectivity index (χ0v) is 14.0. The Balaban J connectivity index is 3.14. The minimum atomic E-state index is -3.64. The highest BCUT2D eigenvalue weighted by atomic mass is 79.9. The number of hydrogen-bond donors (Lipinski definition) is 0. The molecule has 0 spiro atoms. The fraction of sp³-hybridized carbons (Fsp3) is 0.462. The molecule has 1 aromatic rings. The van der Waals surface area contributed by atoms with Gasteiger partial charge in [-0.05, 0) is 19.1 Å². The molecule has 0 amide bonds. The molecule has 1 rings (SSSR count). The summed E-state index contributed by atoms with van der Waals surface area (Å²) < 4.78 is 28.4. The molecule has 0 fully saturated rings. The molecule has 106 valence electrons. The van der Waals surface area contributed by atoms with Gasteiger partial charge < -0.3 is 4.90 Å². The molecule has 0 aromatic heterocycles. The predicted molar refractivity (Wildman–Crippen MR) is 82.5 cm³/mol. The van der Waals surface area contributed by atoms with Crippen molar-refractivity contribution in [3.05, 3.63) is 29.8 Å². The molecule has 19 heavy (non-hydrogen) atoms. The molecule has 0 aliphatic rings. The average molecular weight is 347 g/mol. The van der Waals surface area contributed by atoms with Crippen molar-refractivity contribution in [3.8, 4) is 0 Å². The van der Waals surface area contributed by atoms with E-state index in [0.29, 0.717) is 12.3 Å². The Kier molecular flexibility index (Phi) is 5.55. The number of nitrogens with zero attached hydrogens (tertiary/aromatic N) is 2. The van der Waals surface area contributed by atoms with Crippen molar-refractivity contribution in [2.45, 2.75) is 30.0 Å². The van der Waals surface area contributed by atoms with Gasteiger partial charge in [-0.15, -0.1) is 4.40 Å². The summed E-state index contributed by atoms with van der Waals surface area (Å²) in [6, 6.07) is 6.70. The maximum Gasteiger partial charge on any atom is 0.283 e. The number of halogens is 1. The second-order valence-corrected chi connectivity index (χ2v) is 7.84. The van der Waals surface area contributed by atoms with E-state index in [-0.39, 0.29) is 9.72 Å². The lowest BCUT2D eigenvalue weighted by molar-refractivity contribution is 0.585. The lowest BCUT2D eigenvalue weighted by atomic mass is 10.2. The SMILES string of the molecule is Cc1ccc(S(=O)(=O)/N=C(/CC(C)Br)N(C)C)cc1. The summed E-state index contributed by atoms with van der Waals surface area (Å²) in [6.45, 7) is 3.87. The van der Waals surface area contributed by atoms with Crippen LogP contribution >= 0.6 is 15.9 Å². The first-order chi connectivity index (χ1) is 8.72. The molecular formula is C13H19BrN2O2S. The Labute approximate surface area is 123 Å². The second kappa shape index (κ2) is 6.52. The van der Waals surface area contributed by atoms with Gasteiger partial charge in [0.25, 0.3) is 10.0 Å². The van der Waals surface area contributed by atoms with E-state index >= 15 is 0 Å². The number of aryl methyl sites for hydroxylation is 1. The largest absolute Gasteiger partial charge is 0.365 e. The maximum atomic E-state index is 12.2. The van der Waals surface area contributed by atoms with Crippen LogP contribution in [-0.4, -0.2) is 38.1 Å². The quantitative estimate of drug-likeness (QED) is 0.478. The molecule has 0 heterocycles. The topological polar surface area (TPSA) is 49.7 Å². The molecule has 0 aliphatic carbocycles. The first-order valence-corrected chi connectivity index (χ1v) is 8.30. The van der Waals surface area contributed by atoms with E-state index in [1.54, 1.807) is 43.3 Å². The third kappa shape index (κ3) is 4.95. The Morgan fingerprint density at radius 3 is 2.26 bits per heavy atom. The highest BCUT2D eigenvalue weighted by molar-refractivity contribution is 9.09. The van der Waals surface area contributed by atoms with Crippen LogP contribution < -0.4 is 0 Å². The van der Waals surface area contributed by atoms with Crippen LogP contribution in [0.4, 0.5) is 0 Å². The molecule has 6 heteroatoms. The molecule has 0 saturated carbocycles. The fourth-order valence-corrected chi connectivity index (χ4v) is 2.85. The van der Waals surface area contributed by atoms with Crippen LogP contribution in [0.15, 0.2) is 33.6 Å². The van der Waals surface area contributed by atoms with Crippen molar-refractivity contribution >= 4 is 31.8 Å². The summed E-state index contributed by atoms with van der Waals surface area (Å²) >= 11 is 3.41. The predicted octanol–water partition coefficient (Wildman–Crippen LogP) is 2.82. The van der Waals surface area contributed by atoms with Gasteiger partial charge >= 0.3 is 0 Å². The maximum absolute atomic E-state index is 12.2. The smallest absolute Gasteiger partial charge is 0.283 e. The van der Waals surface area contributed by atoms with Crippen LogP contribution in [0.25, 0.3) is 0 Å². The van der Waals surface area contributed by atoms with E-state index in [9.17, 15) is 8.42 Å². The summed E-state index contributed by atoms with van der Waals surface area (Å²) in [5, 5.41) is 0. The summed E-state index contributed by atoms with van der Waals surface area (Å²) in [7, 11) is -0.0603. The van der Waals surface area contributed by atoms with E-state index in [4.69, 9.17) is 0 Å². The Bertz CT molecular complexity index is 549. The first kappa shape index (κ1) is 16.2. The van der Waals surface area contributed by atoms with Gasteiger partial charge in [0, 0.05) is 25.3 Å². The summed E-state index contributed by atoms with van der Waals surface area (Å²) in [4.78, 5) is 2.12. The average Bonchev–Trinajstić information content (AvgIpc) is 2.27. The molecule has 1 aromatic carbocycles. The van der Waals surface area contributed by atoms with E-state index in [1.165, 1.54) is 0 Å². The third-order valence-electron chi connectivity index (χ3n) is 2.52. The second-order valence-electron chi connectivity index (χ2n) is 4.67. The highest BCUT2D eigenvalue weighted by Gasteiger charge is 2.16. The number of alkyl halides is 1. The highest BCUT2D eigenvalue weighted by Crippen LogP contribution is 2.15. The van der Waals surface area contributed by atoms with Crippen LogP contribution in [-0.2, 0) is 10.0 Å². The van der Waals surface area contributed by atoms with E-state index in [2.05, 4.69) is 20.3 Å². The summed E-state index contributed by atoms with van der Waals surface area (Å²) in [5.41, 5.74) is 1.02. The van der Waals surface area contributed by atoms with Gasteiger partial charge in [-0.3, -0.25) is 0 Å². The lowest BCUT2D eigenvalue weighted by Gasteiger charge is -2.16. The van der Waals surface area contributed by atoms with Gasteiger partial charge in [0.15, 0.2) is 0 Å². The number of sulfonamides is 1. The minimum Gasteiger partial charge on any atom is -0.365 e. The van der Waals surface area contributed by atoms with Gasteiger partial charge in [-0.2, -0.15) is 8.42 Å². The minimum absolute atomic E-state index is 0.168. The Hall–Kier alpha value is -0.880. The van der Waals surface area contributed by atoms with E-state index < -0.39 is 10.0 Å². The van der Waals surface area contributed by atoms with Crippen molar-refractivity contribution in [3.63, 3.8) is 0 Å². The van der Waals surface area contributed by atoms with Crippen molar-refractivity contribution in [2.75, 3.05) is 14.1 Å². The van der Waals surface area contributed by atoms with Crippen LogP contribution in [0.5, 0.6) is 0 Å². The van der Waals surface area contributed by atoms with Crippen LogP contribution in [0, 0.1) is 6.92 Å². The van der Waals surface area contributed by atoms with Crippen molar-refractivity contribution in [1.29, 1.82) is 0 Å².